The van der Waals surface area contributed by atoms with Gasteiger partial charge in [0.05, 0.1) is 5.56 Å². The largest absolute Gasteiger partial charge is 0.310 e. The van der Waals surface area contributed by atoms with Gasteiger partial charge in [0.15, 0.2) is 5.82 Å². The van der Waals surface area contributed by atoms with Crippen LogP contribution < -0.4 is 5.32 Å². The lowest BCUT2D eigenvalue weighted by Gasteiger charge is -2.06. The molecular weight excluding hydrogens is 190 g/mol. The molecule has 0 aliphatic heterocycles. The van der Waals surface area contributed by atoms with Crippen molar-refractivity contribution in [3.8, 4) is 6.07 Å². The lowest BCUT2D eigenvalue weighted by Crippen LogP contribution is -2.10. The maximum atomic E-state index is 10.9. The normalized spacial score (nSPS) is 13.1. The van der Waals surface area contributed by atoms with Crippen LogP contribution in [0.2, 0.25) is 0 Å². The average Bonchev–Trinajstić information content (AvgIpc) is 2.62. The van der Waals surface area contributed by atoms with Gasteiger partial charge >= 0.3 is 0 Å². The van der Waals surface area contributed by atoms with Gasteiger partial charge in [-0.25, -0.2) is 4.98 Å². The van der Waals surface area contributed by atoms with Crippen molar-refractivity contribution in [2.45, 2.75) is 26.2 Å². The molecule has 2 rings (SSSR count). The van der Waals surface area contributed by atoms with E-state index in [0.29, 0.717) is 11.4 Å². The molecule has 1 aromatic heterocycles. The number of carbonyl (C=O) groups is 1. The zero-order valence-corrected chi connectivity index (χ0v) is 8.50. The molecule has 4 nitrogen and oxygen atoms in total. The first kappa shape index (κ1) is 9.66. The summed E-state index contributed by atoms with van der Waals surface area (Å²) < 4.78 is 0. The van der Waals surface area contributed by atoms with E-state index in [1.165, 1.54) is 6.92 Å². The van der Waals surface area contributed by atoms with Gasteiger partial charge in [0.1, 0.15) is 6.07 Å². The third-order valence-corrected chi connectivity index (χ3v) is 2.47. The van der Waals surface area contributed by atoms with Crippen molar-refractivity contribution < 1.29 is 4.79 Å². The molecule has 0 spiro atoms. The Balaban J connectivity index is 2.45. The first-order chi connectivity index (χ1) is 7.20. The highest BCUT2D eigenvalue weighted by atomic mass is 16.1. The molecule has 76 valence electrons. The number of carbonyl (C=O) groups excluding carboxylic acids is 1. The number of aryl methyl sites for hydroxylation is 2. The summed E-state index contributed by atoms with van der Waals surface area (Å²) in [5.74, 6) is 0.197. The van der Waals surface area contributed by atoms with E-state index < -0.39 is 0 Å². The number of nitrogens with one attached hydrogen (secondary N) is 1. The van der Waals surface area contributed by atoms with Crippen molar-refractivity contribution in [1.82, 2.24) is 4.98 Å². The van der Waals surface area contributed by atoms with Gasteiger partial charge in [0.25, 0.3) is 0 Å². The van der Waals surface area contributed by atoms with Crippen LogP contribution in [-0.2, 0) is 17.6 Å². The molecule has 1 heterocycles. The summed E-state index contributed by atoms with van der Waals surface area (Å²) in [7, 11) is 0. The van der Waals surface area contributed by atoms with E-state index in [1.54, 1.807) is 0 Å². The number of aromatic nitrogens is 1. The highest BCUT2D eigenvalue weighted by Gasteiger charge is 2.16. The van der Waals surface area contributed by atoms with Gasteiger partial charge in [0.2, 0.25) is 5.91 Å². The van der Waals surface area contributed by atoms with Gasteiger partial charge in [-0.15, -0.1) is 0 Å². The maximum absolute atomic E-state index is 10.9. The fourth-order valence-electron chi connectivity index (χ4n) is 1.82. The number of anilines is 1. The van der Waals surface area contributed by atoms with Gasteiger partial charge in [0, 0.05) is 12.6 Å². The van der Waals surface area contributed by atoms with Crippen LogP contribution in [-0.4, -0.2) is 10.9 Å². The zero-order valence-electron chi connectivity index (χ0n) is 8.50. The lowest BCUT2D eigenvalue weighted by molar-refractivity contribution is -0.114. The summed E-state index contributed by atoms with van der Waals surface area (Å²) in [6, 6.07) is 3.89. The Hall–Kier alpha value is -1.89. The lowest BCUT2D eigenvalue weighted by atomic mass is 10.1. The minimum Gasteiger partial charge on any atom is -0.310 e. The van der Waals surface area contributed by atoms with Crippen LogP contribution in [0.4, 0.5) is 5.82 Å². The van der Waals surface area contributed by atoms with Crippen LogP contribution >= 0.6 is 0 Å². The van der Waals surface area contributed by atoms with Gasteiger partial charge in [-0.1, -0.05) is 0 Å². The van der Waals surface area contributed by atoms with Crippen molar-refractivity contribution in [3.63, 3.8) is 0 Å². The summed E-state index contributed by atoms with van der Waals surface area (Å²) >= 11 is 0. The van der Waals surface area contributed by atoms with E-state index in [2.05, 4.69) is 16.4 Å². The number of amides is 1. The second-order valence-electron chi connectivity index (χ2n) is 3.64. The number of pyridine rings is 1. The zero-order chi connectivity index (χ0) is 10.8. The summed E-state index contributed by atoms with van der Waals surface area (Å²) in [5.41, 5.74) is 2.60. The van der Waals surface area contributed by atoms with Gasteiger partial charge < -0.3 is 5.32 Å². The third-order valence-electron chi connectivity index (χ3n) is 2.47. The molecule has 0 saturated carbocycles. The molecule has 1 aliphatic carbocycles. The number of rotatable bonds is 1. The second-order valence-corrected chi connectivity index (χ2v) is 3.64. The molecule has 0 unspecified atom stereocenters. The van der Waals surface area contributed by atoms with Crippen LogP contribution in [0, 0.1) is 11.3 Å². The smallest absolute Gasteiger partial charge is 0.222 e. The molecule has 15 heavy (non-hydrogen) atoms. The van der Waals surface area contributed by atoms with E-state index in [1.807, 2.05) is 6.07 Å². The molecule has 1 aromatic rings. The van der Waals surface area contributed by atoms with Crippen molar-refractivity contribution in [2.75, 3.05) is 5.32 Å². The van der Waals surface area contributed by atoms with Crippen molar-refractivity contribution in [1.29, 1.82) is 5.26 Å². The molecule has 0 atom stereocenters. The molecule has 1 aliphatic rings. The molecule has 0 fully saturated rings. The van der Waals surface area contributed by atoms with Crippen LogP contribution in [0.15, 0.2) is 6.07 Å². The summed E-state index contributed by atoms with van der Waals surface area (Å²) in [6.07, 6.45) is 3.00. The molecule has 4 heteroatoms. The molecule has 1 amide bonds. The first-order valence-corrected chi connectivity index (χ1v) is 4.91. The summed E-state index contributed by atoms with van der Waals surface area (Å²) in [6.45, 7) is 1.41. The standard InChI is InChI=1S/C11H11N3O/c1-7(15)13-11-9(6-12)5-8-3-2-4-10(8)14-11/h5H,2-4H2,1H3,(H,13,14,15). The van der Waals surface area contributed by atoms with Gasteiger partial charge in [-0.2, -0.15) is 5.26 Å². The highest BCUT2D eigenvalue weighted by molar-refractivity contribution is 5.89. The van der Waals surface area contributed by atoms with E-state index in [9.17, 15) is 4.79 Å². The van der Waals surface area contributed by atoms with E-state index in [0.717, 1.165) is 30.5 Å². The molecular formula is C11H11N3O. The van der Waals surface area contributed by atoms with Gasteiger partial charge in [-0.3, -0.25) is 4.79 Å². The second kappa shape index (κ2) is 3.70. The highest BCUT2D eigenvalue weighted by Crippen LogP contribution is 2.24. The predicted octanol–water partition coefficient (Wildman–Crippen LogP) is 1.40. The van der Waals surface area contributed by atoms with E-state index in [-0.39, 0.29) is 5.91 Å². The number of hydrogen-bond acceptors (Lipinski definition) is 3. The molecule has 0 bridgehead atoms. The summed E-state index contributed by atoms with van der Waals surface area (Å²) in [4.78, 5) is 15.2. The molecule has 0 saturated heterocycles. The van der Waals surface area contributed by atoms with Crippen molar-refractivity contribution in [3.05, 3.63) is 22.9 Å². The van der Waals surface area contributed by atoms with Crippen LogP contribution in [0.5, 0.6) is 0 Å². The van der Waals surface area contributed by atoms with Gasteiger partial charge in [-0.05, 0) is 30.9 Å². The number of nitrogens with zero attached hydrogens (tertiary/aromatic N) is 2. The number of hydrogen-bond donors (Lipinski definition) is 1. The maximum Gasteiger partial charge on any atom is 0.222 e. The Morgan fingerprint density at radius 2 is 2.40 bits per heavy atom. The Kier molecular flexibility index (Phi) is 2.38. The first-order valence-electron chi connectivity index (χ1n) is 4.91. The molecule has 1 N–H and O–H groups in total. The molecule has 0 radical (unpaired) electrons. The Morgan fingerprint density at radius 1 is 1.60 bits per heavy atom. The Labute approximate surface area is 87.9 Å². The topological polar surface area (TPSA) is 65.8 Å². The summed E-state index contributed by atoms with van der Waals surface area (Å²) in [5, 5.41) is 11.5. The third kappa shape index (κ3) is 1.82. The number of nitriles is 1. The van der Waals surface area contributed by atoms with E-state index >= 15 is 0 Å². The van der Waals surface area contributed by atoms with Crippen molar-refractivity contribution in [2.24, 2.45) is 0 Å². The van der Waals surface area contributed by atoms with E-state index in [4.69, 9.17) is 5.26 Å². The van der Waals surface area contributed by atoms with Crippen LogP contribution in [0.1, 0.15) is 30.2 Å². The van der Waals surface area contributed by atoms with Crippen molar-refractivity contribution >= 4 is 11.7 Å². The fourth-order valence-corrected chi connectivity index (χ4v) is 1.82. The Bertz CT molecular complexity index is 460. The monoisotopic (exact) mass is 201 g/mol. The Morgan fingerprint density at radius 3 is 3.07 bits per heavy atom. The predicted molar refractivity (Wildman–Crippen MR) is 55.3 cm³/mol. The quantitative estimate of drug-likeness (QED) is 0.746. The van der Waals surface area contributed by atoms with Crippen LogP contribution in [0.25, 0.3) is 0 Å². The number of fused-ring (bicyclic) bond motifs is 1. The average molecular weight is 201 g/mol. The minimum absolute atomic E-state index is 0.197. The SMILES string of the molecule is CC(=O)Nc1nc2c(cc1C#N)CCC2. The minimum atomic E-state index is -0.197. The van der Waals surface area contributed by atoms with Crippen LogP contribution in [0.3, 0.4) is 0 Å². The fraction of sp³-hybridized carbons (Fsp3) is 0.364. The molecule has 0 aromatic carbocycles.